The number of pyridine rings is 1. The van der Waals surface area contributed by atoms with E-state index in [1.165, 1.54) is 34.7 Å². The Labute approximate surface area is 245 Å². The lowest BCUT2D eigenvalue weighted by atomic mass is 9.83. The van der Waals surface area contributed by atoms with Gasteiger partial charge in [0.1, 0.15) is 12.7 Å². The largest absolute Gasteiger partial charge is 0.493 e. The van der Waals surface area contributed by atoms with Gasteiger partial charge in [-0.1, -0.05) is 18.2 Å². The standard InChI is InChI=1S/C30H27N5O8/c1-42-23-10-7-19-25(26(23)43-2)30(39)34-21-6-4-3-5-18(21)28(37)33(27(19)34)15-24(36)31-12-16-11-17(14-31)20-8-9-22(35(40)41)29(38)32(20)13-16/h3-10,16-17,27H,11-15H2,1-2H3/t16-,17+,27+/m1/s1. The lowest BCUT2D eigenvalue weighted by Crippen LogP contribution is -2.55. The van der Waals surface area contributed by atoms with Crippen molar-refractivity contribution in [1.82, 2.24) is 14.4 Å². The van der Waals surface area contributed by atoms with Gasteiger partial charge >= 0.3 is 11.2 Å². The number of hydrogen-bond acceptors (Lipinski definition) is 8. The molecule has 13 nitrogen and oxygen atoms in total. The van der Waals surface area contributed by atoms with Crippen LogP contribution in [0, 0.1) is 16.0 Å². The van der Waals surface area contributed by atoms with E-state index in [9.17, 15) is 29.3 Å². The molecule has 0 aliphatic carbocycles. The van der Waals surface area contributed by atoms with Crippen molar-refractivity contribution in [3.63, 3.8) is 0 Å². The monoisotopic (exact) mass is 585 g/mol. The Hall–Kier alpha value is -5.20. The van der Waals surface area contributed by atoms with Crippen molar-refractivity contribution in [3.05, 3.63) is 91.4 Å². The molecule has 0 unspecified atom stereocenters. The molecule has 0 spiro atoms. The first-order valence-corrected chi connectivity index (χ1v) is 13.9. The fraction of sp³-hybridized carbons (Fsp3) is 0.333. The summed E-state index contributed by atoms with van der Waals surface area (Å²) in [6.45, 7) is 0.644. The zero-order valence-electron chi connectivity index (χ0n) is 23.4. The van der Waals surface area contributed by atoms with E-state index < -0.39 is 22.3 Å². The molecule has 2 bridgehead atoms. The summed E-state index contributed by atoms with van der Waals surface area (Å²) in [7, 11) is 2.92. The zero-order chi connectivity index (χ0) is 30.2. The summed E-state index contributed by atoms with van der Waals surface area (Å²) in [5, 5.41) is 11.3. The van der Waals surface area contributed by atoms with Crippen molar-refractivity contribution in [2.45, 2.75) is 25.0 Å². The number of methoxy groups -OCH3 is 2. The predicted molar refractivity (Wildman–Crippen MR) is 151 cm³/mol. The maximum absolute atomic E-state index is 13.9. The molecule has 0 saturated carbocycles. The van der Waals surface area contributed by atoms with Gasteiger partial charge in [0.15, 0.2) is 11.5 Å². The molecule has 0 radical (unpaired) electrons. The van der Waals surface area contributed by atoms with Gasteiger partial charge in [-0.25, -0.2) is 0 Å². The number of para-hydroxylation sites is 1. The molecule has 0 N–H and O–H groups in total. The van der Waals surface area contributed by atoms with Crippen molar-refractivity contribution in [2.75, 3.05) is 38.8 Å². The molecular weight excluding hydrogens is 558 g/mol. The summed E-state index contributed by atoms with van der Waals surface area (Å²) in [5.41, 5.74) is 1.13. The third kappa shape index (κ3) is 3.84. The van der Waals surface area contributed by atoms with Gasteiger partial charge in [-0.3, -0.25) is 34.2 Å². The molecule has 1 fully saturated rings. The van der Waals surface area contributed by atoms with Crippen molar-refractivity contribution < 1.29 is 28.8 Å². The fourth-order valence-electron chi connectivity index (χ4n) is 7.11. The number of carbonyl (C=O) groups excluding carboxylic acids is 3. The van der Waals surface area contributed by atoms with Crippen LogP contribution in [0.2, 0.25) is 0 Å². The highest BCUT2D eigenvalue weighted by Gasteiger charge is 2.50. The number of aromatic nitrogens is 1. The number of carbonyl (C=O) groups is 3. The summed E-state index contributed by atoms with van der Waals surface area (Å²) in [6.07, 6.45) is -0.116. The average Bonchev–Trinajstić information content (AvgIpc) is 3.31. The first-order valence-electron chi connectivity index (χ1n) is 13.9. The first-order chi connectivity index (χ1) is 20.7. The number of piperidine rings is 1. The maximum Gasteiger partial charge on any atom is 0.334 e. The molecule has 220 valence electrons. The maximum atomic E-state index is 13.9. The predicted octanol–water partition coefficient (Wildman–Crippen LogP) is 2.53. The van der Waals surface area contributed by atoms with Crippen molar-refractivity contribution in [3.8, 4) is 11.5 Å². The highest BCUT2D eigenvalue weighted by Crippen LogP contribution is 2.49. The van der Waals surface area contributed by atoms with Gasteiger partial charge < -0.3 is 23.8 Å². The Bertz CT molecular complexity index is 1800. The average molecular weight is 586 g/mol. The number of likely N-dealkylation sites (tertiary alicyclic amines) is 1. The van der Waals surface area contributed by atoms with Crippen LogP contribution >= 0.6 is 0 Å². The molecule has 13 heteroatoms. The van der Waals surface area contributed by atoms with Gasteiger partial charge in [-0.2, -0.15) is 0 Å². The fourth-order valence-corrected chi connectivity index (χ4v) is 7.11. The van der Waals surface area contributed by atoms with Gasteiger partial charge in [0, 0.05) is 42.9 Å². The van der Waals surface area contributed by atoms with Gasteiger partial charge in [-0.05, 0) is 36.6 Å². The number of nitrogens with zero attached hydrogens (tertiary/aromatic N) is 5. The topological polar surface area (TPSA) is 145 Å². The van der Waals surface area contributed by atoms with Crippen molar-refractivity contribution in [2.24, 2.45) is 5.92 Å². The molecule has 1 aromatic heterocycles. The Morgan fingerprint density at radius 1 is 0.977 bits per heavy atom. The quantitative estimate of drug-likeness (QED) is 0.328. The second kappa shape index (κ2) is 9.68. The molecular formula is C30H27N5O8. The Morgan fingerprint density at radius 3 is 2.51 bits per heavy atom. The van der Waals surface area contributed by atoms with Gasteiger partial charge in [0.05, 0.1) is 36.0 Å². The molecule has 2 aromatic carbocycles. The number of hydrogen-bond donors (Lipinski definition) is 0. The lowest BCUT2D eigenvalue weighted by molar-refractivity contribution is -0.386. The summed E-state index contributed by atoms with van der Waals surface area (Å²) < 4.78 is 12.5. The minimum absolute atomic E-state index is 0.0744. The minimum atomic E-state index is -0.863. The van der Waals surface area contributed by atoms with E-state index in [-0.39, 0.29) is 54.0 Å². The highest BCUT2D eigenvalue weighted by atomic mass is 16.6. The number of ether oxygens (including phenoxy) is 2. The number of fused-ring (bicyclic) bond motifs is 9. The highest BCUT2D eigenvalue weighted by molar-refractivity contribution is 6.18. The SMILES string of the molecule is COc1ccc2c(c1OC)C(=O)N1c3ccccc3C(=O)N(CC(=O)N3C[C@H]4C[C@@H](C3)c3ccc([N+](=O)[O-])c(=O)n3C4)[C@H]21. The van der Waals surface area contributed by atoms with Crippen LogP contribution in [-0.2, 0) is 11.3 Å². The van der Waals surface area contributed by atoms with Crippen LogP contribution in [0.25, 0.3) is 0 Å². The smallest absolute Gasteiger partial charge is 0.334 e. The van der Waals surface area contributed by atoms with E-state index in [2.05, 4.69) is 0 Å². The van der Waals surface area contributed by atoms with Crippen LogP contribution in [0.5, 0.6) is 11.5 Å². The number of nitro groups is 1. The number of anilines is 1. The zero-order valence-corrected chi connectivity index (χ0v) is 23.4. The van der Waals surface area contributed by atoms with Crippen molar-refractivity contribution in [1.29, 1.82) is 0 Å². The first kappa shape index (κ1) is 26.7. The molecule has 3 amide bonds. The van der Waals surface area contributed by atoms with Crippen LogP contribution < -0.4 is 19.9 Å². The second-order valence-electron chi connectivity index (χ2n) is 11.2. The molecule has 5 heterocycles. The summed E-state index contributed by atoms with van der Waals surface area (Å²) in [6, 6.07) is 13.0. The van der Waals surface area contributed by atoms with Gasteiger partial charge in [0.25, 0.3) is 11.8 Å². The van der Waals surface area contributed by atoms with E-state index in [1.807, 2.05) is 0 Å². The summed E-state index contributed by atoms with van der Waals surface area (Å²) in [5.74, 6) is -0.644. The van der Waals surface area contributed by atoms with Crippen LogP contribution in [0.3, 0.4) is 0 Å². The third-order valence-corrected chi connectivity index (χ3v) is 8.92. The number of amides is 3. The van der Waals surface area contributed by atoms with E-state index in [0.717, 1.165) is 6.42 Å². The van der Waals surface area contributed by atoms with Gasteiger partial charge in [0.2, 0.25) is 5.91 Å². The summed E-state index contributed by atoms with van der Waals surface area (Å²) in [4.78, 5) is 69.8. The van der Waals surface area contributed by atoms with Crippen LogP contribution in [-0.4, -0.2) is 70.9 Å². The number of rotatable bonds is 5. The Balaban J connectivity index is 1.23. The van der Waals surface area contributed by atoms with E-state index in [4.69, 9.17) is 9.47 Å². The molecule has 4 aliphatic rings. The molecule has 7 rings (SSSR count). The normalized spacial score (nSPS) is 21.5. The third-order valence-electron chi connectivity index (χ3n) is 8.92. The minimum Gasteiger partial charge on any atom is -0.493 e. The molecule has 43 heavy (non-hydrogen) atoms. The van der Waals surface area contributed by atoms with E-state index >= 15 is 0 Å². The molecule has 1 saturated heterocycles. The number of benzene rings is 2. The van der Waals surface area contributed by atoms with Gasteiger partial charge in [-0.15, -0.1) is 0 Å². The van der Waals surface area contributed by atoms with E-state index in [1.54, 1.807) is 47.4 Å². The van der Waals surface area contributed by atoms with E-state index in [0.29, 0.717) is 41.3 Å². The molecule has 4 aliphatic heterocycles. The summed E-state index contributed by atoms with van der Waals surface area (Å²) >= 11 is 0. The lowest BCUT2D eigenvalue weighted by Gasteiger charge is -2.44. The van der Waals surface area contributed by atoms with Crippen molar-refractivity contribution >= 4 is 29.1 Å². The molecule has 3 aromatic rings. The molecule has 3 atom stereocenters. The van der Waals surface area contributed by atoms with Crippen LogP contribution in [0.4, 0.5) is 11.4 Å². The van der Waals surface area contributed by atoms with Crippen LogP contribution in [0.15, 0.2) is 53.3 Å². The van der Waals surface area contributed by atoms with Crippen LogP contribution in [0.1, 0.15) is 50.5 Å². The Kier molecular flexibility index (Phi) is 6.01. The second-order valence-corrected chi connectivity index (χ2v) is 11.2. The Morgan fingerprint density at radius 2 is 1.77 bits per heavy atom.